The molecule has 0 aromatic heterocycles. The van der Waals surface area contributed by atoms with Crippen molar-refractivity contribution in [3.05, 3.63) is 17.7 Å². The number of ether oxygens (including phenoxy) is 3. The van der Waals surface area contributed by atoms with Gasteiger partial charge in [0.2, 0.25) is 5.91 Å². The van der Waals surface area contributed by atoms with Crippen LogP contribution in [0.4, 0.5) is 10.5 Å². The van der Waals surface area contributed by atoms with Crippen LogP contribution in [0.5, 0.6) is 11.5 Å². The monoisotopic (exact) mass is 396 g/mol. The second-order valence-corrected chi connectivity index (χ2v) is 6.98. The van der Waals surface area contributed by atoms with Crippen LogP contribution < -0.4 is 20.1 Å². The fourth-order valence-electron chi connectivity index (χ4n) is 2.30. The van der Waals surface area contributed by atoms with Crippen LogP contribution in [0.3, 0.4) is 0 Å². The van der Waals surface area contributed by atoms with Gasteiger partial charge in [0, 0.05) is 19.0 Å². The van der Waals surface area contributed by atoms with Crippen molar-refractivity contribution in [2.24, 2.45) is 0 Å². The molecular weight excluding hydrogens is 368 g/mol. The van der Waals surface area contributed by atoms with Gasteiger partial charge < -0.3 is 30.0 Å². The van der Waals surface area contributed by atoms with E-state index in [4.69, 9.17) is 19.3 Å². The van der Waals surface area contributed by atoms with Crippen molar-refractivity contribution in [3.8, 4) is 11.5 Å². The summed E-state index contributed by atoms with van der Waals surface area (Å²) in [5.74, 6) is -0.591. The van der Waals surface area contributed by atoms with Crippen molar-refractivity contribution < 1.29 is 33.7 Å². The number of carboxylic acid groups (broad SMARTS) is 1. The average Bonchev–Trinajstić information content (AvgIpc) is 2.58. The minimum atomic E-state index is -1.05. The summed E-state index contributed by atoms with van der Waals surface area (Å²) in [4.78, 5) is 34.2. The molecule has 1 rings (SSSR count). The highest BCUT2D eigenvalue weighted by atomic mass is 16.6. The number of carboxylic acids is 1. The van der Waals surface area contributed by atoms with Crippen LogP contribution in [0.1, 0.15) is 39.2 Å². The van der Waals surface area contributed by atoms with E-state index >= 15 is 0 Å². The standard InChI is InChI=1S/C19H28N2O7/c1-19(2,3)28-18(25)20-9-8-12-10-15(27-5)13(11-14(12)26-4)21-16(22)6-7-17(23)24/h10-11H,6-9H2,1-5H3,(H,20,25)(H,21,22)(H,23,24). The molecule has 0 aliphatic rings. The average molecular weight is 396 g/mol. The quantitative estimate of drug-likeness (QED) is 0.586. The Kier molecular flexibility index (Phi) is 8.56. The van der Waals surface area contributed by atoms with E-state index < -0.39 is 23.6 Å². The highest BCUT2D eigenvalue weighted by Crippen LogP contribution is 2.33. The minimum absolute atomic E-state index is 0.150. The molecule has 0 atom stereocenters. The van der Waals surface area contributed by atoms with Gasteiger partial charge in [-0.15, -0.1) is 0 Å². The number of nitrogens with one attached hydrogen (secondary N) is 2. The van der Waals surface area contributed by atoms with Crippen LogP contribution in [0.15, 0.2) is 12.1 Å². The van der Waals surface area contributed by atoms with Crippen LogP contribution in [-0.2, 0) is 20.7 Å². The zero-order valence-electron chi connectivity index (χ0n) is 16.9. The van der Waals surface area contributed by atoms with E-state index in [0.29, 0.717) is 30.2 Å². The molecule has 3 N–H and O–H groups in total. The van der Waals surface area contributed by atoms with Gasteiger partial charge in [0.1, 0.15) is 17.1 Å². The van der Waals surface area contributed by atoms with Crippen molar-refractivity contribution in [1.29, 1.82) is 0 Å². The van der Waals surface area contributed by atoms with E-state index in [0.717, 1.165) is 5.56 Å². The number of anilines is 1. The first-order chi connectivity index (χ1) is 13.1. The third-order valence-electron chi connectivity index (χ3n) is 3.51. The van der Waals surface area contributed by atoms with Gasteiger partial charge in [0.05, 0.1) is 26.3 Å². The van der Waals surface area contributed by atoms with Crippen LogP contribution in [0.25, 0.3) is 0 Å². The molecule has 0 radical (unpaired) electrons. The Labute approximate surface area is 164 Å². The first-order valence-electron chi connectivity index (χ1n) is 8.79. The summed E-state index contributed by atoms with van der Waals surface area (Å²) >= 11 is 0. The lowest BCUT2D eigenvalue weighted by Gasteiger charge is -2.20. The number of aliphatic carboxylic acids is 1. The zero-order chi connectivity index (χ0) is 21.3. The maximum absolute atomic E-state index is 11.9. The predicted molar refractivity (Wildman–Crippen MR) is 103 cm³/mol. The SMILES string of the molecule is COc1cc(NC(=O)CCC(=O)O)c(OC)cc1CCNC(=O)OC(C)(C)C. The van der Waals surface area contributed by atoms with E-state index in [1.54, 1.807) is 32.9 Å². The Hall–Kier alpha value is -2.97. The number of carbonyl (C=O) groups excluding carboxylic acids is 2. The minimum Gasteiger partial charge on any atom is -0.496 e. The lowest BCUT2D eigenvalue weighted by molar-refractivity contribution is -0.138. The van der Waals surface area contributed by atoms with Gasteiger partial charge in [-0.2, -0.15) is 0 Å². The Balaban J connectivity index is 2.81. The van der Waals surface area contributed by atoms with E-state index in [1.165, 1.54) is 14.2 Å². The number of hydrogen-bond donors (Lipinski definition) is 3. The lowest BCUT2D eigenvalue weighted by atomic mass is 10.1. The molecule has 1 aromatic rings. The first kappa shape index (κ1) is 23.1. The highest BCUT2D eigenvalue weighted by Gasteiger charge is 2.17. The molecule has 0 heterocycles. The molecule has 0 saturated carbocycles. The number of amides is 2. The molecule has 28 heavy (non-hydrogen) atoms. The van der Waals surface area contributed by atoms with E-state index in [-0.39, 0.29) is 12.8 Å². The van der Waals surface area contributed by atoms with Gasteiger partial charge in [0.15, 0.2) is 0 Å². The van der Waals surface area contributed by atoms with E-state index in [9.17, 15) is 14.4 Å². The second kappa shape index (κ2) is 10.4. The van der Waals surface area contributed by atoms with Gasteiger partial charge in [-0.1, -0.05) is 0 Å². The van der Waals surface area contributed by atoms with Crippen molar-refractivity contribution in [1.82, 2.24) is 5.32 Å². The Morgan fingerprint density at radius 1 is 1.04 bits per heavy atom. The normalized spacial score (nSPS) is 10.8. The molecule has 9 nitrogen and oxygen atoms in total. The molecule has 0 fully saturated rings. The summed E-state index contributed by atoms with van der Waals surface area (Å²) in [6.45, 7) is 5.66. The van der Waals surface area contributed by atoms with Gasteiger partial charge >= 0.3 is 12.1 Å². The lowest BCUT2D eigenvalue weighted by Crippen LogP contribution is -2.33. The maximum atomic E-state index is 11.9. The molecular formula is C19H28N2O7. The van der Waals surface area contributed by atoms with E-state index in [1.807, 2.05) is 0 Å². The summed E-state index contributed by atoms with van der Waals surface area (Å²) in [7, 11) is 2.94. The maximum Gasteiger partial charge on any atom is 0.407 e. The number of alkyl carbamates (subject to hydrolysis) is 1. The van der Waals surface area contributed by atoms with Gasteiger partial charge in [-0.05, 0) is 38.8 Å². The molecule has 1 aromatic carbocycles. The highest BCUT2D eigenvalue weighted by molar-refractivity contribution is 5.94. The number of rotatable bonds is 9. The fourth-order valence-corrected chi connectivity index (χ4v) is 2.30. The van der Waals surface area contributed by atoms with Crippen LogP contribution in [-0.4, -0.2) is 49.4 Å². The smallest absolute Gasteiger partial charge is 0.407 e. The third-order valence-corrected chi connectivity index (χ3v) is 3.51. The summed E-state index contributed by atoms with van der Waals surface area (Å²) in [6, 6.07) is 3.29. The first-order valence-corrected chi connectivity index (χ1v) is 8.79. The van der Waals surface area contributed by atoms with Gasteiger partial charge in [-0.25, -0.2) is 4.79 Å². The molecule has 0 bridgehead atoms. The van der Waals surface area contributed by atoms with Crippen LogP contribution in [0.2, 0.25) is 0 Å². The molecule has 2 amide bonds. The van der Waals surface area contributed by atoms with E-state index in [2.05, 4.69) is 10.6 Å². The fraction of sp³-hybridized carbons (Fsp3) is 0.526. The number of carbonyl (C=O) groups is 3. The third kappa shape index (κ3) is 8.15. The Morgan fingerprint density at radius 2 is 1.68 bits per heavy atom. The summed E-state index contributed by atoms with van der Waals surface area (Å²) < 4.78 is 15.8. The van der Waals surface area contributed by atoms with Crippen molar-refractivity contribution in [2.45, 2.75) is 45.6 Å². The molecule has 9 heteroatoms. The number of hydrogen-bond acceptors (Lipinski definition) is 6. The predicted octanol–water partition coefficient (Wildman–Crippen LogP) is 2.57. The number of methoxy groups -OCH3 is 2. The van der Waals surface area contributed by atoms with Crippen molar-refractivity contribution in [2.75, 3.05) is 26.1 Å². The Bertz CT molecular complexity index is 711. The number of benzene rings is 1. The largest absolute Gasteiger partial charge is 0.496 e. The summed E-state index contributed by atoms with van der Waals surface area (Å²) in [5, 5.41) is 14.0. The van der Waals surface area contributed by atoms with Gasteiger partial charge in [-0.3, -0.25) is 9.59 Å². The summed E-state index contributed by atoms with van der Waals surface area (Å²) in [5.41, 5.74) is 0.559. The molecule has 0 aliphatic carbocycles. The van der Waals surface area contributed by atoms with Crippen LogP contribution >= 0.6 is 0 Å². The molecule has 0 unspecified atom stereocenters. The van der Waals surface area contributed by atoms with Gasteiger partial charge in [0.25, 0.3) is 0 Å². The zero-order valence-corrected chi connectivity index (χ0v) is 16.9. The summed E-state index contributed by atoms with van der Waals surface area (Å²) in [6.07, 6.45) is -0.477. The Morgan fingerprint density at radius 3 is 2.21 bits per heavy atom. The van der Waals surface area contributed by atoms with Crippen molar-refractivity contribution in [3.63, 3.8) is 0 Å². The molecule has 0 spiro atoms. The molecule has 0 saturated heterocycles. The second-order valence-electron chi connectivity index (χ2n) is 6.98. The molecule has 156 valence electrons. The molecule has 0 aliphatic heterocycles. The topological polar surface area (TPSA) is 123 Å². The van der Waals surface area contributed by atoms with Crippen molar-refractivity contribution >= 4 is 23.7 Å². The van der Waals surface area contributed by atoms with Crippen LogP contribution in [0, 0.1) is 0 Å².